The Morgan fingerprint density at radius 1 is 1.06 bits per heavy atom. The van der Waals surface area contributed by atoms with Crippen molar-refractivity contribution >= 4 is 38.4 Å². The lowest BCUT2D eigenvalue weighted by molar-refractivity contribution is -0.131. The zero-order valence-corrected chi connectivity index (χ0v) is 20.5. The lowest BCUT2D eigenvalue weighted by Crippen LogP contribution is -2.48. The van der Waals surface area contributed by atoms with Crippen LogP contribution in [0.1, 0.15) is 25.7 Å². The van der Waals surface area contributed by atoms with Gasteiger partial charge in [0.15, 0.2) is 0 Å². The molecule has 2 fully saturated rings. The van der Waals surface area contributed by atoms with E-state index in [1.165, 1.54) is 0 Å². The Labute approximate surface area is 200 Å². The van der Waals surface area contributed by atoms with Crippen molar-refractivity contribution in [2.24, 2.45) is 5.92 Å². The summed E-state index contributed by atoms with van der Waals surface area (Å²) in [5, 5.41) is 7.22. The Hall–Kier alpha value is -2.85. The quantitative estimate of drug-likeness (QED) is 0.527. The van der Waals surface area contributed by atoms with E-state index < -0.39 is 10.0 Å². The Morgan fingerprint density at radius 3 is 2.53 bits per heavy atom. The molecule has 2 aromatic carbocycles. The van der Waals surface area contributed by atoms with Crippen LogP contribution in [0.2, 0.25) is 0 Å². The highest BCUT2D eigenvalue weighted by Gasteiger charge is 2.27. The van der Waals surface area contributed by atoms with Crippen LogP contribution in [0.4, 0.5) is 10.5 Å². The predicted octanol–water partition coefficient (Wildman–Crippen LogP) is 1.88. The molecule has 3 N–H and O–H groups in total. The molecule has 1 saturated heterocycles. The number of hydrogen-bond donors (Lipinski definition) is 3. The van der Waals surface area contributed by atoms with Crippen molar-refractivity contribution in [3.8, 4) is 0 Å². The second-order valence-corrected chi connectivity index (χ2v) is 11.1. The summed E-state index contributed by atoms with van der Waals surface area (Å²) in [6, 6.07) is 10.8. The molecule has 2 aliphatic rings. The summed E-state index contributed by atoms with van der Waals surface area (Å²) in [5.41, 5.74) is 0.921. The van der Waals surface area contributed by atoms with E-state index in [1.54, 1.807) is 23.1 Å². The number of urea groups is 1. The van der Waals surface area contributed by atoms with Crippen LogP contribution in [-0.2, 0) is 14.8 Å². The zero-order chi connectivity index (χ0) is 24.3. The number of rotatable bonds is 8. The highest BCUT2D eigenvalue weighted by Crippen LogP contribution is 2.30. The second kappa shape index (κ2) is 10.2. The summed E-state index contributed by atoms with van der Waals surface area (Å²) in [4.78, 5) is 28.5. The number of likely N-dealkylation sites (tertiary alicyclic amines) is 1. The van der Waals surface area contributed by atoms with Gasteiger partial charge in [-0.2, -0.15) is 0 Å². The molecule has 9 nitrogen and oxygen atoms in total. The van der Waals surface area contributed by atoms with Gasteiger partial charge in [0.2, 0.25) is 15.9 Å². The Bertz CT molecular complexity index is 1160. The van der Waals surface area contributed by atoms with Crippen molar-refractivity contribution in [2.45, 2.75) is 36.6 Å². The third kappa shape index (κ3) is 5.79. The Morgan fingerprint density at radius 2 is 1.79 bits per heavy atom. The second-order valence-electron chi connectivity index (χ2n) is 9.32. The van der Waals surface area contributed by atoms with Gasteiger partial charge in [0.05, 0.1) is 11.4 Å². The molecule has 1 unspecified atom stereocenters. The Balaban J connectivity index is 1.36. The molecule has 1 aliphatic carbocycles. The van der Waals surface area contributed by atoms with Gasteiger partial charge in [0.1, 0.15) is 0 Å². The van der Waals surface area contributed by atoms with E-state index >= 15 is 0 Å². The van der Waals surface area contributed by atoms with E-state index in [1.807, 2.05) is 37.2 Å². The molecule has 4 rings (SSSR count). The third-order valence-electron chi connectivity index (χ3n) is 6.38. The fourth-order valence-electron chi connectivity index (χ4n) is 4.39. The molecule has 1 heterocycles. The lowest BCUT2D eigenvalue weighted by Gasteiger charge is -2.33. The van der Waals surface area contributed by atoms with Gasteiger partial charge in [-0.25, -0.2) is 17.9 Å². The molecular weight excluding hydrogens is 454 g/mol. The molecule has 1 saturated carbocycles. The van der Waals surface area contributed by atoms with Gasteiger partial charge in [-0.05, 0) is 43.7 Å². The molecule has 3 amide bonds. The number of nitrogens with zero attached hydrogens (tertiary/aromatic N) is 2. The molecule has 10 heteroatoms. The SMILES string of the molecule is CN(C)c1cccc2c(S(=O)(=O)NCC(=O)N3CCCC(CNC(=O)NC4CC4)C3)cccc12. The zero-order valence-electron chi connectivity index (χ0n) is 19.7. The van der Waals surface area contributed by atoms with Gasteiger partial charge in [0, 0.05) is 56.2 Å². The summed E-state index contributed by atoms with van der Waals surface area (Å²) >= 11 is 0. The lowest BCUT2D eigenvalue weighted by atomic mass is 9.98. The minimum Gasteiger partial charge on any atom is -0.377 e. The maximum Gasteiger partial charge on any atom is 0.315 e. The number of piperidine rings is 1. The average Bonchev–Trinajstić information content (AvgIpc) is 3.64. The number of amides is 3. The first-order valence-corrected chi connectivity index (χ1v) is 13.2. The number of carbonyl (C=O) groups is 2. The number of carbonyl (C=O) groups excluding carboxylic acids is 2. The van der Waals surface area contributed by atoms with Gasteiger partial charge in [-0.1, -0.05) is 24.3 Å². The van der Waals surface area contributed by atoms with Crippen molar-refractivity contribution in [3.05, 3.63) is 36.4 Å². The van der Waals surface area contributed by atoms with Gasteiger partial charge < -0.3 is 20.4 Å². The molecule has 184 valence electrons. The fourth-order valence-corrected chi connectivity index (χ4v) is 5.59. The molecule has 0 aromatic heterocycles. The molecule has 0 spiro atoms. The van der Waals surface area contributed by atoms with Crippen LogP contribution in [-0.4, -0.2) is 71.6 Å². The standard InChI is InChI=1S/C24H33N5O4S/c1-28(2)21-9-3-8-20-19(21)7-4-10-22(20)34(32,33)26-15-23(30)29-13-5-6-17(16-29)14-25-24(31)27-18-11-12-18/h3-4,7-10,17-18,26H,5-6,11-16H2,1-2H3,(H2,25,27,31). The van der Waals surface area contributed by atoms with Crippen LogP contribution in [0.5, 0.6) is 0 Å². The van der Waals surface area contributed by atoms with Gasteiger partial charge in [0.25, 0.3) is 0 Å². The van der Waals surface area contributed by atoms with Crippen molar-refractivity contribution in [1.29, 1.82) is 0 Å². The van der Waals surface area contributed by atoms with Gasteiger partial charge in [-0.3, -0.25) is 4.79 Å². The van der Waals surface area contributed by atoms with E-state index in [-0.39, 0.29) is 29.3 Å². The van der Waals surface area contributed by atoms with Crippen LogP contribution in [0, 0.1) is 5.92 Å². The number of hydrogen-bond acceptors (Lipinski definition) is 5. The van der Waals surface area contributed by atoms with E-state index in [9.17, 15) is 18.0 Å². The summed E-state index contributed by atoms with van der Waals surface area (Å²) in [7, 11) is -0.0640. The van der Waals surface area contributed by atoms with E-state index in [0.29, 0.717) is 31.1 Å². The number of anilines is 1. The molecule has 0 bridgehead atoms. The highest BCUT2D eigenvalue weighted by atomic mass is 32.2. The molecule has 0 radical (unpaired) electrons. The average molecular weight is 488 g/mol. The molecule has 34 heavy (non-hydrogen) atoms. The number of nitrogens with one attached hydrogen (secondary N) is 3. The summed E-state index contributed by atoms with van der Waals surface area (Å²) in [6.45, 7) is 1.29. The van der Waals surface area contributed by atoms with Crippen LogP contribution in [0.15, 0.2) is 41.3 Å². The van der Waals surface area contributed by atoms with Crippen LogP contribution < -0.4 is 20.3 Å². The maximum atomic E-state index is 13.1. The highest BCUT2D eigenvalue weighted by molar-refractivity contribution is 7.89. The Kier molecular flexibility index (Phi) is 7.27. The predicted molar refractivity (Wildman–Crippen MR) is 132 cm³/mol. The largest absolute Gasteiger partial charge is 0.377 e. The minimum atomic E-state index is -3.89. The third-order valence-corrected chi connectivity index (χ3v) is 7.84. The fraction of sp³-hybridized carbons (Fsp3) is 0.500. The first kappa shape index (κ1) is 24.3. The summed E-state index contributed by atoms with van der Waals surface area (Å²) < 4.78 is 28.7. The van der Waals surface area contributed by atoms with E-state index in [4.69, 9.17) is 0 Å². The monoisotopic (exact) mass is 487 g/mol. The minimum absolute atomic E-state index is 0.154. The molecule has 2 aromatic rings. The van der Waals surface area contributed by atoms with E-state index in [2.05, 4.69) is 15.4 Å². The van der Waals surface area contributed by atoms with Gasteiger partial charge in [-0.15, -0.1) is 0 Å². The first-order valence-electron chi connectivity index (χ1n) is 11.8. The number of fused-ring (bicyclic) bond motifs is 1. The first-order chi connectivity index (χ1) is 16.2. The molecule has 1 aliphatic heterocycles. The number of sulfonamides is 1. The molecule has 1 atom stereocenters. The summed E-state index contributed by atoms with van der Waals surface area (Å²) in [6.07, 6.45) is 3.81. The van der Waals surface area contributed by atoms with Gasteiger partial charge >= 0.3 is 6.03 Å². The smallest absolute Gasteiger partial charge is 0.315 e. The number of benzene rings is 2. The van der Waals surface area contributed by atoms with Crippen LogP contribution in [0.25, 0.3) is 10.8 Å². The molecular formula is C24H33N5O4S. The van der Waals surface area contributed by atoms with Crippen molar-refractivity contribution in [1.82, 2.24) is 20.3 Å². The van der Waals surface area contributed by atoms with Crippen LogP contribution >= 0.6 is 0 Å². The maximum absolute atomic E-state index is 13.1. The normalized spacial score (nSPS) is 18.5. The van der Waals surface area contributed by atoms with Crippen molar-refractivity contribution in [3.63, 3.8) is 0 Å². The summed E-state index contributed by atoms with van der Waals surface area (Å²) in [5.74, 6) is -0.105. The van der Waals surface area contributed by atoms with E-state index in [0.717, 1.165) is 36.8 Å². The van der Waals surface area contributed by atoms with Crippen molar-refractivity contribution < 1.29 is 18.0 Å². The van der Waals surface area contributed by atoms with Crippen LogP contribution in [0.3, 0.4) is 0 Å². The topological polar surface area (TPSA) is 111 Å². The van der Waals surface area contributed by atoms with Crippen molar-refractivity contribution in [2.75, 3.05) is 45.2 Å².